The van der Waals surface area contributed by atoms with Gasteiger partial charge in [-0.15, -0.1) is 0 Å². The molecule has 0 spiro atoms. The van der Waals surface area contributed by atoms with Crippen molar-refractivity contribution in [1.82, 2.24) is 4.90 Å². The molecule has 136 valence electrons. The van der Waals surface area contributed by atoms with E-state index in [2.05, 4.69) is 10.2 Å². The zero-order chi connectivity index (χ0) is 18.5. The largest absolute Gasteiger partial charge is 0.481 e. The number of likely N-dealkylation sites (tertiary alicyclic amines) is 1. The number of carboxylic acids is 1. The Kier molecular flexibility index (Phi) is 5.91. The Hall–Kier alpha value is -2.37. The van der Waals surface area contributed by atoms with E-state index < -0.39 is 5.97 Å². The fourth-order valence-electron chi connectivity index (χ4n) is 3.25. The van der Waals surface area contributed by atoms with E-state index in [9.17, 15) is 14.7 Å². The SMILES string of the molecule is O=C(Nc1cccc(CN2CCCC(C(=O)O)C2)c1)c1ccccc1Cl. The lowest BCUT2D eigenvalue weighted by atomic mass is 9.98. The summed E-state index contributed by atoms with van der Waals surface area (Å²) in [7, 11) is 0. The number of benzene rings is 2. The van der Waals surface area contributed by atoms with Crippen molar-refractivity contribution in [3.05, 3.63) is 64.7 Å². The molecule has 1 aliphatic rings. The Morgan fingerprint density at radius 2 is 2.00 bits per heavy atom. The Bertz CT molecular complexity index is 809. The van der Waals surface area contributed by atoms with Crippen molar-refractivity contribution in [2.75, 3.05) is 18.4 Å². The van der Waals surface area contributed by atoms with Crippen LogP contribution in [0.15, 0.2) is 48.5 Å². The zero-order valence-corrected chi connectivity index (χ0v) is 15.1. The summed E-state index contributed by atoms with van der Waals surface area (Å²) in [6.07, 6.45) is 1.62. The van der Waals surface area contributed by atoms with Gasteiger partial charge in [-0.05, 0) is 49.2 Å². The summed E-state index contributed by atoms with van der Waals surface area (Å²) in [5, 5.41) is 12.5. The smallest absolute Gasteiger partial charge is 0.307 e. The number of rotatable bonds is 5. The molecule has 1 aliphatic heterocycles. The van der Waals surface area contributed by atoms with Crippen molar-refractivity contribution in [3.63, 3.8) is 0 Å². The standard InChI is InChI=1S/C20H21ClN2O3/c21-18-9-2-1-8-17(18)19(24)22-16-7-3-5-14(11-16)12-23-10-4-6-15(13-23)20(25)26/h1-3,5,7-9,11,15H,4,6,10,12-13H2,(H,22,24)(H,25,26). The molecule has 2 N–H and O–H groups in total. The molecule has 0 saturated carbocycles. The van der Waals surface area contributed by atoms with Gasteiger partial charge in [0.2, 0.25) is 0 Å². The topological polar surface area (TPSA) is 69.6 Å². The molecule has 1 unspecified atom stereocenters. The van der Waals surface area contributed by atoms with Crippen molar-refractivity contribution < 1.29 is 14.7 Å². The van der Waals surface area contributed by atoms with E-state index >= 15 is 0 Å². The number of halogens is 1. The summed E-state index contributed by atoms with van der Waals surface area (Å²) in [6.45, 7) is 2.12. The molecule has 0 aliphatic carbocycles. The van der Waals surface area contributed by atoms with Crippen molar-refractivity contribution >= 4 is 29.2 Å². The van der Waals surface area contributed by atoms with Crippen LogP contribution in [0.2, 0.25) is 5.02 Å². The highest BCUT2D eigenvalue weighted by Crippen LogP contribution is 2.21. The van der Waals surface area contributed by atoms with Gasteiger partial charge in [0.15, 0.2) is 0 Å². The van der Waals surface area contributed by atoms with Gasteiger partial charge in [0.05, 0.1) is 16.5 Å². The maximum atomic E-state index is 12.4. The van der Waals surface area contributed by atoms with Gasteiger partial charge in [0, 0.05) is 18.8 Å². The van der Waals surface area contributed by atoms with Gasteiger partial charge in [-0.25, -0.2) is 0 Å². The van der Waals surface area contributed by atoms with Crippen LogP contribution in [0.25, 0.3) is 0 Å². The van der Waals surface area contributed by atoms with Crippen LogP contribution in [0.5, 0.6) is 0 Å². The minimum absolute atomic E-state index is 0.253. The summed E-state index contributed by atoms with van der Waals surface area (Å²) in [5.74, 6) is -1.28. The van der Waals surface area contributed by atoms with Crippen LogP contribution >= 0.6 is 11.6 Å². The van der Waals surface area contributed by atoms with Gasteiger partial charge in [0.25, 0.3) is 5.91 Å². The fourth-order valence-corrected chi connectivity index (χ4v) is 3.47. The van der Waals surface area contributed by atoms with Crippen LogP contribution in [0, 0.1) is 5.92 Å². The van der Waals surface area contributed by atoms with Gasteiger partial charge in [-0.1, -0.05) is 35.9 Å². The Morgan fingerprint density at radius 3 is 2.77 bits per heavy atom. The summed E-state index contributed by atoms with van der Waals surface area (Å²) in [6, 6.07) is 14.5. The van der Waals surface area contributed by atoms with E-state index in [0.29, 0.717) is 29.4 Å². The van der Waals surface area contributed by atoms with Gasteiger partial charge in [-0.2, -0.15) is 0 Å². The van der Waals surface area contributed by atoms with Crippen molar-refractivity contribution in [3.8, 4) is 0 Å². The number of aliphatic carboxylic acids is 1. The van der Waals surface area contributed by atoms with Crippen LogP contribution in [0.3, 0.4) is 0 Å². The van der Waals surface area contributed by atoms with Crippen molar-refractivity contribution in [2.45, 2.75) is 19.4 Å². The second-order valence-corrected chi connectivity index (χ2v) is 6.95. The molecule has 1 saturated heterocycles. The number of anilines is 1. The summed E-state index contributed by atoms with van der Waals surface area (Å²) in [4.78, 5) is 25.7. The van der Waals surface area contributed by atoms with Crippen LogP contribution in [0.1, 0.15) is 28.8 Å². The number of amides is 1. The fraction of sp³-hybridized carbons (Fsp3) is 0.300. The number of nitrogens with zero attached hydrogens (tertiary/aromatic N) is 1. The highest BCUT2D eigenvalue weighted by molar-refractivity contribution is 6.34. The molecular formula is C20H21ClN2O3. The molecule has 6 heteroatoms. The molecule has 5 nitrogen and oxygen atoms in total. The molecule has 2 aromatic rings. The molecule has 26 heavy (non-hydrogen) atoms. The average Bonchev–Trinajstić information content (AvgIpc) is 2.62. The Morgan fingerprint density at radius 1 is 1.19 bits per heavy atom. The highest BCUT2D eigenvalue weighted by atomic mass is 35.5. The molecule has 0 bridgehead atoms. The first-order valence-corrected chi connectivity index (χ1v) is 9.00. The van der Waals surface area contributed by atoms with E-state index in [0.717, 1.165) is 24.9 Å². The van der Waals surface area contributed by atoms with Gasteiger partial charge < -0.3 is 10.4 Å². The van der Waals surface area contributed by atoms with Crippen molar-refractivity contribution in [1.29, 1.82) is 0 Å². The summed E-state index contributed by atoms with van der Waals surface area (Å²) in [5.41, 5.74) is 2.16. The van der Waals surface area contributed by atoms with Crippen LogP contribution in [-0.2, 0) is 11.3 Å². The van der Waals surface area contributed by atoms with Crippen LogP contribution in [-0.4, -0.2) is 35.0 Å². The molecule has 1 heterocycles. The molecule has 1 fully saturated rings. The Labute approximate surface area is 157 Å². The first kappa shape index (κ1) is 18.4. The van der Waals surface area contributed by atoms with Crippen molar-refractivity contribution in [2.24, 2.45) is 5.92 Å². The normalized spacial score (nSPS) is 17.7. The summed E-state index contributed by atoms with van der Waals surface area (Å²) < 4.78 is 0. The van der Waals surface area contributed by atoms with Crippen LogP contribution in [0.4, 0.5) is 5.69 Å². The number of nitrogens with one attached hydrogen (secondary N) is 1. The second kappa shape index (κ2) is 8.34. The van der Waals surface area contributed by atoms with E-state index in [1.165, 1.54) is 0 Å². The average molecular weight is 373 g/mol. The molecule has 0 aromatic heterocycles. The number of carbonyl (C=O) groups is 2. The third kappa shape index (κ3) is 4.62. The Balaban J connectivity index is 1.66. The first-order valence-electron chi connectivity index (χ1n) is 8.63. The third-order valence-corrected chi connectivity index (χ3v) is 4.89. The number of carboxylic acid groups (broad SMARTS) is 1. The highest BCUT2D eigenvalue weighted by Gasteiger charge is 2.25. The maximum absolute atomic E-state index is 12.4. The molecular weight excluding hydrogens is 352 g/mol. The van der Waals surface area contributed by atoms with E-state index in [1.807, 2.05) is 24.3 Å². The minimum Gasteiger partial charge on any atom is -0.481 e. The zero-order valence-electron chi connectivity index (χ0n) is 14.3. The molecule has 1 atom stereocenters. The summed E-state index contributed by atoms with van der Waals surface area (Å²) >= 11 is 6.07. The lowest BCUT2D eigenvalue weighted by Crippen LogP contribution is -2.38. The predicted octanol–water partition coefficient (Wildman–Crippen LogP) is 3.89. The molecule has 0 radical (unpaired) electrons. The van der Waals surface area contributed by atoms with E-state index in [4.69, 9.17) is 11.6 Å². The molecule has 1 amide bonds. The lowest BCUT2D eigenvalue weighted by molar-refractivity contribution is -0.143. The van der Waals surface area contributed by atoms with Gasteiger partial charge >= 0.3 is 5.97 Å². The second-order valence-electron chi connectivity index (χ2n) is 6.55. The maximum Gasteiger partial charge on any atom is 0.307 e. The number of carbonyl (C=O) groups excluding carboxylic acids is 1. The van der Waals surface area contributed by atoms with E-state index in [-0.39, 0.29) is 11.8 Å². The third-order valence-electron chi connectivity index (χ3n) is 4.56. The number of piperidine rings is 1. The lowest BCUT2D eigenvalue weighted by Gasteiger charge is -2.30. The van der Waals surface area contributed by atoms with Gasteiger partial charge in [-0.3, -0.25) is 14.5 Å². The number of hydrogen-bond acceptors (Lipinski definition) is 3. The predicted molar refractivity (Wildman–Crippen MR) is 101 cm³/mol. The first-order chi connectivity index (χ1) is 12.5. The molecule has 3 rings (SSSR count). The van der Waals surface area contributed by atoms with Gasteiger partial charge in [0.1, 0.15) is 0 Å². The quantitative estimate of drug-likeness (QED) is 0.835. The minimum atomic E-state index is -0.726. The van der Waals surface area contributed by atoms with E-state index in [1.54, 1.807) is 24.3 Å². The monoisotopic (exact) mass is 372 g/mol. The van der Waals surface area contributed by atoms with Crippen LogP contribution < -0.4 is 5.32 Å². The number of hydrogen-bond donors (Lipinski definition) is 2. The molecule has 2 aromatic carbocycles.